The molecule has 2 N–H and O–H groups in total. The van der Waals surface area contributed by atoms with Crippen molar-refractivity contribution in [1.29, 1.82) is 0 Å². The predicted octanol–water partition coefficient (Wildman–Crippen LogP) is 2.36. The van der Waals surface area contributed by atoms with Crippen molar-refractivity contribution in [3.63, 3.8) is 0 Å². The van der Waals surface area contributed by atoms with Crippen LogP contribution in [0.1, 0.15) is 0 Å². The van der Waals surface area contributed by atoms with E-state index in [0.29, 0.717) is 11.0 Å². The first-order valence-corrected chi connectivity index (χ1v) is 5.04. The van der Waals surface area contributed by atoms with Crippen LogP contribution in [0.25, 0.3) is 21.7 Å². The highest BCUT2D eigenvalue weighted by Crippen LogP contribution is 2.28. The molecule has 0 radical (unpaired) electrons. The molecule has 0 unspecified atom stereocenters. The molecule has 0 aliphatic rings. The van der Waals surface area contributed by atoms with Crippen LogP contribution in [0.4, 0.5) is 0 Å². The molecule has 0 aliphatic carbocycles. The fourth-order valence-electron chi connectivity index (χ4n) is 1.90. The van der Waals surface area contributed by atoms with Crippen LogP contribution in [0.15, 0.2) is 45.6 Å². The Morgan fingerprint density at radius 3 is 2.53 bits per heavy atom. The smallest absolute Gasteiger partial charge is 0.378 e. The quantitative estimate of drug-likeness (QED) is 0.457. The van der Waals surface area contributed by atoms with E-state index < -0.39 is 11.4 Å². The molecule has 0 saturated carbocycles. The first-order valence-electron chi connectivity index (χ1n) is 5.04. The van der Waals surface area contributed by atoms with Crippen LogP contribution in [0.2, 0.25) is 0 Å². The van der Waals surface area contributed by atoms with Gasteiger partial charge in [-0.25, -0.2) is 4.79 Å². The van der Waals surface area contributed by atoms with E-state index in [4.69, 9.17) is 4.42 Å². The predicted molar refractivity (Wildman–Crippen MR) is 63.3 cm³/mol. The van der Waals surface area contributed by atoms with Crippen LogP contribution in [0.3, 0.4) is 0 Å². The van der Waals surface area contributed by atoms with Gasteiger partial charge in [-0.1, -0.05) is 12.1 Å². The third kappa shape index (κ3) is 1.42. The summed E-state index contributed by atoms with van der Waals surface area (Å²) >= 11 is 0. The van der Waals surface area contributed by atoms with Crippen molar-refractivity contribution in [2.75, 3.05) is 0 Å². The lowest BCUT2D eigenvalue weighted by molar-refractivity contribution is 0.428. The summed E-state index contributed by atoms with van der Waals surface area (Å²) in [7, 11) is 0. The van der Waals surface area contributed by atoms with Crippen molar-refractivity contribution in [3.8, 4) is 11.5 Å². The molecule has 17 heavy (non-hydrogen) atoms. The third-order valence-corrected chi connectivity index (χ3v) is 2.70. The molecule has 4 heteroatoms. The van der Waals surface area contributed by atoms with Gasteiger partial charge in [-0.15, -0.1) is 0 Å². The summed E-state index contributed by atoms with van der Waals surface area (Å²) in [6.45, 7) is 0. The third-order valence-electron chi connectivity index (χ3n) is 2.70. The largest absolute Gasteiger partial charge is 0.508 e. The van der Waals surface area contributed by atoms with Gasteiger partial charge in [0, 0.05) is 5.39 Å². The van der Waals surface area contributed by atoms with Crippen LogP contribution in [0, 0.1) is 0 Å². The van der Waals surface area contributed by atoms with Gasteiger partial charge in [-0.2, -0.15) is 0 Å². The van der Waals surface area contributed by atoms with Gasteiger partial charge in [0.05, 0.1) is 0 Å². The molecule has 3 aromatic rings. The molecule has 0 amide bonds. The summed E-state index contributed by atoms with van der Waals surface area (Å²) in [6.07, 6.45) is 0. The van der Waals surface area contributed by atoms with Crippen molar-refractivity contribution in [3.05, 3.63) is 46.8 Å². The van der Waals surface area contributed by atoms with Crippen molar-refractivity contribution in [2.45, 2.75) is 0 Å². The van der Waals surface area contributed by atoms with Gasteiger partial charge < -0.3 is 14.6 Å². The first-order chi connectivity index (χ1) is 8.15. The standard InChI is InChI=1S/C13H8O4/c14-8-3-1-7-2-4-12-10(9(7)5-8)6-11(15)13(16)17-12/h1-6,14-15H. The molecule has 1 heterocycles. The Morgan fingerprint density at radius 2 is 1.71 bits per heavy atom. The molecule has 0 aliphatic heterocycles. The zero-order chi connectivity index (χ0) is 12.0. The molecule has 0 fully saturated rings. The minimum Gasteiger partial charge on any atom is -0.508 e. The van der Waals surface area contributed by atoms with Crippen LogP contribution < -0.4 is 5.63 Å². The maximum Gasteiger partial charge on any atom is 0.378 e. The SMILES string of the molecule is O=c1oc2ccc3ccc(O)cc3c2cc1O. The highest BCUT2D eigenvalue weighted by Gasteiger charge is 2.07. The molecule has 4 nitrogen and oxygen atoms in total. The average Bonchev–Trinajstić information content (AvgIpc) is 2.31. The van der Waals surface area contributed by atoms with Gasteiger partial charge in [0.1, 0.15) is 11.3 Å². The number of rotatable bonds is 0. The maximum atomic E-state index is 11.2. The molecule has 0 spiro atoms. The van der Waals surface area contributed by atoms with Gasteiger partial charge in [0.2, 0.25) is 5.75 Å². The Balaban J connectivity index is 2.58. The zero-order valence-electron chi connectivity index (χ0n) is 8.68. The van der Waals surface area contributed by atoms with E-state index in [2.05, 4.69) is 0 Å². The van der Waals surface area contributed by atoms with Crippen molar-refractivity contribution < 1.29 is 14.6 Å². The van der Waals surface area contributed by atoms with Gasteiger partial charge in [-0.05, 0) is 35.0 Å². The number of phenols is 1. The lowest BCUT2D eigenvalue weighted by Gasteiger charge is -2.03. The average molecular weight is 228 g/mol. The van der Waals surface area contributed by atoms with Gasteiger partial charge >= 0.3 is 5.63 Å². The Morgan fingerprint density at radius 1 is 0.941 bits per heavy atom. The minimum absolute atomic E-state index is 0.121. The Bertz CT molecular complexity index is 786. The fourth-order valence-corrected chi connectivity index (χ4v) is 1.90. The van der Waals surface area contributed by atoms with Crippen molar-refractivity contribution in [2.24, 2.45) is 0 Å². The second-order valence-corrected chi connectivity index (χ2v) is 3.80. The van der Waals surface area contributed by atoms with Crippen LogP contribution in [-0.4, -0.2) is 10.2 Å². The normalized spacial score (nSPS) is 11.1. The molecule has 0 saturated heterocycles. The second kappa shape index (κ2) is 3.25. The molecule has 3 rings (SSSR count). The van der Waals surface area contributed by atoms with Crippen molar-refractivity contribution >= 4 is 21.7 Å². The first kappa shape index (κ1) is 9.72. The molecule has 0 bridgehead atoms. The van der Waals surface area contributed by atoms with E-state index in [9.17, 15) is 15.0 Å². The maximum absolute atomic E-state index is 11.2. The lowest BCUT2D eigenvalue weighted by atomic mass is 10.1. The van der Waals surface area contributed by atoms with Crippen LogP contribution in [-0.2, 0) is 0 Å². The van der Waals surface area contributed by atoms with E-state index in [1.165, 1.54) is 6.07 Å². The highest BCUT2D eigenvalue weighted by molar-refractivity contribution is 6.06. The van der Waals surface area contributed by atoms with Crippen molar-refractivity contribution in [1.82, 2.24) is 0 Å². The lowest BCUT2D eigenvalue weighted by Crippen LogP contribution is -1.96. The molecule has 1 aromatic heterocycles. The monoisotopic (exact) mass is 228 g/mol. The Labute approximate surface area is 95.3 Å². The van der Waals surface area contributed by atoms with E-state index in [-0.39, 0.29) is 5.75 Å². The summed E-state index contributed by atoms with van der Waals surface area (Å²) in [5.74, 6) is -0.316. The summed E-state index contributed by atoms with van der Waals surface area (Å²) in [5.41, 5.74) is -0.386. The van der Waals surface area contributed by atoms with Gasteiger partial charge in [0.25, 0.3) is 0 Å². The van der Waals surface area contributed by atoms with E-state index in [0.717, 1.165) is 10.8 Å². The molecular weight excluding hydrogens is 220 g/mol. The molecule has 2 aromatic carbocycles. The number of hydrogen-bond acceptors (Lipinski definition) is 4. The second-order valence-electron chi connectivity index (χ2n) is 3.80. The Hall–Kier alpha value is -2.49. The Kier molecular flexibility index (Phi) is 1.86. The zero-order valence-corrected chi connectivity index (χ0v) is 8.68. The molecular formula is C13H8O4. The fraction of sp³-hybridized carbons (Fsp3) is 0. The number of phenolic OH excluding ortho intramolecular Hbond substituents is 1. The van der Waals surface area contributed by atoms with Gasteiger partial charge in [-0.3, -0.25) is 0 Å². The number of aromatic hydroxyl groups is 2. The summed E-state index contributed by atoms with van der Waals surface area (Å²) < 4.78 is 4.95. The number of hydrogen-bond donors (Lipinski definition) is 2. The number of benzene rings is 2. The van der Waals surface area contributed by atoms with Gasteiger partial charge in [0.15, 0.2) is 0 Å². The topological polar surface area (TPSA) is 70.7 Å². The van der Waals surface area contributed by atoms with E-state index in [1.807, 2.05) is 0 Å². The minimum atomic E-state index is -0.767. The van der Waals surface area contributed by atoms with Crippen LogP contribution >= 0.6 is 0 Å². The molecule has 0 atom stereocenters. The summed E-state index contributed by atoms with van der Waals surface area (Å²) in [6, 6.07) is 9.70. The summed E-state index contributed by atoms with van der Waals surface area (Å²) in [5, 5.41) is 21.0. The number of fused-ring (bicyclic) bond motifs is 3. The van der Waals surface area contributed by atoms with E-state index in [1.54, 1.807) is 30.3 Å². The summed E-state index contributed by atoms with van der Waals surface area (Å²) in [4.78, 5) is 11.2. The molecule has 84 valence electrons. The van der Waals surface area contributed by atoms with E-state index >= 15 is 0 Å². The highest BCUT2D eigenvalue weighted by atomic mass is 16.4. The van der Waals surface area contributed by atoms with Crippen LogP contribution in [0.5, 0.6) is 11.5 Å².